The second kappa shape index (κ2) is 5.14. The second-order valence-electron chi connectivity index (χ2n) is 3.90. The highest BCUT2D eigenvalue weighted by Gasteiger charge is 2.23. The lowest BCUT2D eigenvalue weighted by Crippen LogP contribution is -2.32. The maximum Gasteiger partial charge on any atom is 0.230 e. The number of halogens is 1. The fourth-order valence-electron chi connectivity index (χ4n) is 1.84. The number of hydrogen-bond donors (Lipinski definition) is 1. The maximum atomic E-state index is 13.2. The molecule has 0 aliphatic carbocycles. The molecule has 1 amide bonds. The Labute approximate surface area is 99.2 Å². The van der Waals surface area contributed by atoms with Crippen LogP contribution in [0.15, 0.2) is 18.2 Å². The molecule has 1 aliphatic rings. The van der Waals surface area contributed by atoms with E-state index in [0.717, 1.165) is 0 Å². The lowest BCUT2D eigenvalue weighted by molar-refractivity contribution is -0.118. The molecular weight excluding hydrogens is 223 g/mol. The molecule has 2 N–H and O–H groups in total. The van der Waals surface area contributed by atoms with E-state index in [1.807, 2.05) is 0 Å². The molecule has 0 radical (unpaired) electrons. The minimum atomic E-state index is -0.375. The average molecular weight is 238 g/mol. The molecule has 0 atom stereocenters. The van der Waals surface area contributed by atoms with E-state index in [1.165, 1.54) is 12.1 Å². The van der Waals surface area contributed by atoms with E-state index in [4.69, 9.17) is 10.5 Å². The number of carbonyl (C=O) groups is 1. The minimum Gasteiger partial charge on any atom is -0.491 e. The lowest BCUT2D eigenvalue weighted by atomic mass is 10.2. The average Bonchev–Trinajstić information content (AvgIpc) is 2.46. The first kappa shape index (κ1) is 11.9. The zero-order valence-corrected chi connectivity index (χ0v) is 9.49. The summed E-state index contributed by atoms with van der Waals surface area (Å²) in [5, 5.41) is 0. The van der Waals surface area contributed by atoms with Gasteiger partial charge < -0.3 is 15.4 Å². The third-order valence-corrected chi connectivity index (χ3v) is 2.67. The minimum absolute atomic E-state index is 0.0530. The molecule has 92 valence electrons. The molecular formula is C12H15FN2O2. The Morgan fingerprint density at radius 1 is 1.47 bits per heavy atom. The van der Waals surface area contributed by atoms with Gasteiger partial charge in [0, 0.05) is 12.6 Å². The molecule has 1 heterocycles. The highest BCUT2D eigenvalue weighted by atomic mass is 19.1. The standard InChI is InChI=1S/C12H15FN2O2/c13-9-2-3-11-10(8-9)15(6-1-5-14)12(16)4-7-17-11/h2-3,8H,1,4-7,14H2. The summed E-state index contributed by atoms with van der Waals surface area (Å²) in [6.07, 6.45) is 0.989. The molecule has 1 aromatic rings. The van der Waals surface area contributed by atoms with Crippen molar-refractivity contribution in [3.05, 3.63) is 24.0 Å². The molecule has 1 aliphatic heterocycles. The van der Waals surface area contributed by atoms with Crippen molar-refractivity contribution in [3.8, 4) is 5.75 Å². The van der Waals surface area contributed by atoms with Gasteiger partial charge in [0.2, 0.25) is 5.91 Å². The van der Waals surface area contributed by atoms with Crippen LogP contribution in [-0.2, 0) is 4.79 Å². The Balaban J connectivity index is 2.34. The van der Waals surface area contributed by atoms with E-state index in [-0.39, 0.29) is 11.7 Å². The van der Waals surface area contributed by atoms with Gasteiger partial charge in [-0.3, -0.25) is 4.79 Å². The summed E-state index contributed by atoms with van der Waals surface area (Å²) in [4.78, 5) is 13.4. The first-order valence-corrected chi connectivity index (χ1v) is 5.65. The molecule has 0 bridgehead atoms. The van der Waals surface area contributed by atoms with Gasteiger partial charge in [0.05, 0.1) is 18.7 Å². The Morgan fingerprint density at radius 2 is 2.29 bits per heavy atom. The molecule has 0 fully saturated rings. The number of carbonyl (C=O) groups excluding carboxylic acids is 1. The quantitative estimate of drug-likeness (QED) is 0.863. The summed E-state index contributed by atoms with van der Waals surface area (Å²) in [6.45, 7) is 1.32. The molecule has 0 saturated heterocycles. The highest BCUT2D eigenvalue weighted by molar-refractivity contribution is 5.95. The van der Waals surface area contributed by atoms with Gasteiger partial charge in [-0.15, -0.1) is 0 Å². The van der Waals surface area contributed by atoms with E-state index in [9.17, 15) is 9.18 Å². The number of rotatable bonds is 3. The Hall–Kier alpha value is -1.62. The third kappa shape index (κ3) is 2.55. The summed E-state index contributed by atoms with van der Waals surface area (Å²) in [5.74, 6) is 0.122. The smallest absolute Gasteiger partial charge is 0.230 e. The van der Waals surface area contributed by atoms with Crippen molar-refractivity contribution in [3.63, 3.8) is 0 Å². The number of amides is 1. The fraction of sp³-hybridized carbons (Fsp3) is 0.417. The Bertz CT molecular complexity index is 423. The van der Waals surface area contributed by atoms with Gasteiger partial charge in [-0.25, -0.2) is 4.39 Å². The van der Waals surface area contributed by atoms with Crippen molar-refractivity contribution in [1.82, 2.24) is 0 Å². The molecule has 5 heteroatoms. The van der Waals surface area contributed by atoms with Crippen LogP contribution in [-0.4, -0.2) is 25.6 Å². The van der Waals surface area contributed by atoms with Crippen molar-refractivity contribution in [2.45, 2.75) is 12.8 Å². The van der Waals surface area contributed by atoms with Crippen molar-refractivity contribution in [2.24, 2.45) is 5.73 Å². The van der Waals surface area contributed by atoms with Crippen LogP contribution in [0.2, 0.25) is 0 Å². The summed E-state index contributed by atoms with van der Waals surface area (Å²) >= 11 is 0. The fourth-order valence-corrected chi connectivity index (χ4v) is 1.84. The van der Waals surface area contributed by atoms with Gasteiger partial charge in [-0.1, -0.05) is 0 Å². The van der Waals surface area contributed by atoms with Crippen molar-refractivity contribution < 1.29 is 13.9 Å². The third-order valence-electron chi connectivity index (χ3n) is 2.67. The summed E-state index contributed by atoms with van der Waals surface area (Å²) in [7, 11) is 0. The first-order chi connectivity index (χ1) is 8.22. The molecule has 1 aromatic carbocycles. The van der Waals surface area contributed by atoms with Gasteiger partial charge >= 0.3 is 0 Å². The van der Waals surface area contributed by atoms with Gasteiger partial charge in [0.1, 0.15) is 11.6 Å². The number of fused-ring (bicyclic) bond motifs is 1. The first-order valence-electron chi connectivity index (χ1n) is 5.65. The van der Waals surface area contributed by atoms with Gasteiger partial charge in [0.15, 0.2) is 0 Å². The van der Waals surface area contributed by atoms with E-state index >= 15 is 0 Å². The van der Waals surface area contributed by atoms with Crippen molar-refractivity contribution >= 4 is 11.6 Å². The summed E-state index contributed by atoms with van der Waals surface area (Å²) in [6, 6.07) is 4.21. The summed E-state index contributed by atoms with van der Waals surface area (Å²) < 4.78 is 18.7. The molecule has 0 saturated carbocycles. The summed E-state index contributed by atoms with van der Waals surface area (Å²) in [5.41, 5.74) is 5.94. The van der Waals surface area contributed by atoms with Crippen LogP contribution in [0.1, 0.15) is 12.8 Å². The van der Waals surface area contributed by atoms with Gasteiger partial charge in [-0.2, -0.15) is 0 Å². The van der Waals surface area contributed by atoms with Crippen LogP contribution in [0.4, 0.5) is 10.1 Å². The normalized spacial score (nSPS) is 15.2. The topological polar surface area (TPSA) is 55.6 Å². The van der Waals surface area contributed by atoms with Crippen LogP contribution >= 0.6 is 0 Å². The number of ether oxygens (including phenoxy) is 1. The van der Waals surface area contributed by atoms with E-state index < -0.39 is 0 Å². The monoisotopic (exact) mass is 238 g/mol. The number of nitrogens with two attached hydrogens (primary N) is 1. The Kier molecular flexibility index (Phi) is 3.58. The van der Waals surface area contributed by atoms with Crippen molar-refractivity contribution in [2.75, 3.05) is 24.6 Å². The maximum absolute atomic E-state index is 13.2. The molecule has 0 unspecified atom stereocenters. The molecule has 17 heavy (non-hydrogen) atoms. The molecule has 0 spiro atoms. The molecule has 4 nitrogen and oxygen atoms in total. The Morgan fingerprint density at radius 3 is 3.06 bits per heavy atom. The van der Waals surface area contributed by atoms with E-state index in [0.29, 0.717) is 44.0 Å². The second-order valence-corrected chi connectivity index (χ2v) is 3.90. The van der Waals surface area contributed by atoms with Crippen LogP contribution in [0.25, 0.3) is 0 Å². The highest BCUT2D eigenvalue weighted by Crippen LogP contribution is 2.32. The van der Waals surface area contributed by atoms with Crippen LogP contribution in [0.5, 0.6) is 5.75 Å². The predicted octanol–water partition coefficient (Wildman–Crippen LogP) is 1.29. The van der Waals surface area contributed by atoms with Crippen molar-refractivity contribution in [1.29, 1.82) is 0 Å². The van der Waals surface area contributed by atoms with Crippen LogP contribution < -0.4 is 15.4 Å². The predicted molar refractivity (Wildman–Crippen MR) is 62.5 cm³/mol. The number of anilines is 1. The zero-order chi connectivity index (χ0) is 12.3. The largest absolute Gasteiger partial charge is 0.491 e. The van der Waals surface area contributed by atoms with Gasteiger partial charge in [-0.05, 0) is 25.1 Å². The number of benzene rings is 1. The lowest BCUT2D eigenvalue weighted by Gasteiger charge is -2.21. The van der Waals surface area contributed by atoms with Gasteiger partial charge in [0.25, 0.3) is 0 Å². The number of nitrogens with zero attached hydrogens (tertiary/aromatic N) is 1. The molecule has 0 aromatic heterocycles. The van der Waals surface area contributed by atoms with Crippen LogP contribution in [0.3, 0.4) is 0 Å². The number of hydrogen-bond acceptors (Lipinski definition) is 3. The molecule has 2 rings (SSSR count). The van der Waals surface area contributed by atoms with E-state index in [1.54, 1.807) is 11.0 Å². The zero-order valence-electron chi connectivity index (χ0n) is 9.49. The van der Waals surface area contributed by atoms with E-state index in [2.05, 4.69) is 0 Å². The van der Waals surface area contributed by atoms with Crippen LogP contribution in [0, 0.1) is 5.82 Å². The SMILES string of the molecule is NCCCN1C(=O)CCOc2ccc(F)cc21.